The Balaban J connectivity index is 1.38. The Bertz CT molecular complexity index is 744. The van der Waals surface area contributed by atoms with Crippen LogP contribution in [0, 0.1) is 11.8 Å². The summed E-state index contributed by atoms with van der Waals surface area (Å²) in [5.74, 6) is 2.80. The molecule has 0 saturated heterocycles. The van der Waals surface area contributed by atoms with E-state index in [1.54, 1.807) is 18.1 Å². The number of ether oxygens (including phenoxy) is 1. The summed E-state index contributed by atoms with van der Waals surface area (Å²) in [5, 5.41) is 7.44. The van der Waals surface area contributed by atoms with Crippen LogP contribution in [0.25, 0.3) is 0 Å². The lowest BCUT2D eigenvalue weighted by atomic mass is 9.53. The van der Waals surface area contributed by atoms with Crippen molar-refractivity contribution in [1.82, 2.24) is 20.1 Å². The Kier molecular flexibility index (Phi) is 5.41. The molecule has 1 amide bonds. The van der Waals surface area contributed by atoms with E-state index in [-0.39, 0.29) is 11.9 Å². The number of hydrogen-bond acceptors (Lipinski definition) is 4. The lowest BCUT2D eigenvalue weighted by molar-refractivity contribution is -0.125. The second-order valence-corrected chi connectivity index (χ2v) is 7.77. The van der Waals surface area contributed by atoms with Gasteiger partial charge in [-0.3, -0.25) is 9.48 Å². The fraction of sp³-hybridized carbons (Fsp3) is 0.571. The summed E-state index contributed by atoms with van der Waals surface area (Å²) < 4.78 is 7.06. The average Bonchev–Trinajstić information content (AvgIpc) is 3.20. The van der Waals surface area contributed by atoms with Crippen molar-refractivity contribution in [2.45, 2.75) is 57.0 Å². The molecule has 1 N–H and O–H groups in total. The Morgan fingerprint density at radius 1 is 1.22 bits per heavy atom. The molecule has 0 radical (unpaired) electrons. The molecule has 1 aromatic carbocycles. The molecule has 2 aromatic rings. The van der Waals surface area contributed by atoms with E-state index in [1.807, 2.05) is 12.1 Å². The third-order valence-electron chi connectivity index (χ3n) is 6.27. The van der Waals surface area contributed by atoms with Gasteiger partial charge in [0.2, 0.25) is 5.91 Å². The Labute approximate surface area is 160 Å². The summed E-state index contributed by atoms with van der Waals surface area (Å²) in [6.45, 7) is 0.728. The fourth-order valence-electron chi connectivity index (χ4n) is 4.95. The number of amides is 1. The predicted molar refractivity (Wildman–Crippen MR) is 102 cm³/mol. The monoisotopic (exact) mass is 368 g/mol. The second-order valence-electron chi connectivity index (χ2n) is 7.77. The Morgan fingerprint density at radius 2 is 2.00 bits per heavy atom. The van der Waals surface area contributed by atoms with Crippen molar-refractivity contribution in [2.24, 2.45) is 11.8 Å². The first-order valence-electron chi connectivity index (χ1n) is 10.0. The number of nitrogens with one attached hydrogen (secondary N) is 1. The molecule has 4 rings (SSSR count). The molecule has 0 spiro atoms. The van der Waals surface area contributed by atoms with E-state index in [1.165, 1.54) is 37.6 Å². The Morgan fingerprint density at radius 3 is 2.70 bits per heavy atom. The van der Waals surface area contributed by atoms with Crippen LogP contribution in [0.1, 0.15) is 50.0 Å². The first-order valence-corrected chi connectivity index (χ1v) is 10.0. The zero-order valence-electron chi connectivity index (χ0n) is 15.9. The number of aryl methyl sites for hydroxylation is 1. The minimum Gasteiger partial charge on any atom is -0.497 e. The maximum absolute atomic E-state index is 12.6. The maximum Gasteiger partial charge on any atom is 0.220 e. The van der Waals surface area contributed by atoms with E-state index in [0.717, 1.165) is 18.7 Å². The smallest absolute Gasteiger partial charge is 0.220 e. The summed E-state index contributed by atoms with van der Waals surface area (Å²) >= 11 is 0. The van der Waals surface area contributed by atoms with Crippen LogP contribution in [0.4, 0.5) is 0 Å². The molecule has 0 aliphatic heterocycles. The molecular weight excluding hydrogens is 340 g/mol. The van der Waals surface area contributed by atoms with E-state index >= 15 is 0 Å². The van der Waals surface area contributed by atoms with Crippen LogP contribution in [0.5, 0.6) is 5.75 Å². The van der Waals surface area contributed by atoms with Crippen molar-refractivity contribution in [2.75, 3.05) is 7.11 Å². The SMILES string of the molecule is COc1ccc([C@H]2[C@@H]3CCCC[C@H]3[C@@H]2NC(=O)CCCn2cncn2)cc1. The number of rotatable bonds is 7. The van der Waals surface area contributed by atoms with Gasteiger partial charge in [0.05, 0.1) is 7.11 Å². The maximum atomic E-state index is 12.6. The van der Waals surface area contributed by atoms with Crippen LogP contribution in [0.2, 0.25) is 0 Å². The standard InChI is InChI=1S/C21H28N4O2/c1-27-16-10-8-15(9-11-16)20-17-5-2-3-6-18(17)21(20)24-19(26)7-4-12-25-14-22-13-23-25/h8-11,13-14,17-18,20-21H,2-7,12H2,1H3,(H,24,26)/t17-,18-,20+,21+/m1/s1. The van der Waals surface area contributed by atoms with Crippen LogP contribution in [0.15, 0.2) is 36.9 Å². The zero-order chi connectivity index (χ0) is 18.6. The van der Waals surface area contributed by atoms with Gasteiger partial charge in [0.25, 0.3) is 0 Å². The highest BCUT2D eigenvalue weighted by Gasteiger charge is 2.51. The van der Waals surface area contributed by atoms with Crippen LogP contribution in [0.3, 0.4) is 0 Å². The van der Waals surface area contributed by atoms with Gasteiger partial charge < -0.3 is 10.1 Å². The molecule has 0 unspecified atom stereocenters. The van der Waals surface area contributed by atoms with Crippen LogP contribution in [-0.4, -0.2) is 33.8 Å². The molecule has 6 nitrogen and oxygen atoms in total. The van der Waals surface area contributed by atoms with Crippen molar-refractivity contribution < 1.29 is 9.53 Å². The molecule has 27 heavy (non-hydrogen) atoms. The van der Waals surface area contributed by atoms with Gasteiger partial charge >= 0.3 is 0 Å². The highest BCUT2D eigenvalue weighted by atomic mass is 16.5. The van der Waals surface area contributed by atoms with Gasteiger partial charge in [-0.2, -0.15) is 5.10 Å². The summed E-state index contributed by atoms with van der Waals surface area (Å²) in [5.41, 5.74) is 1.33. The fourth-order valence-corrected chi connectivity index (χ4v) is 4.95. The minimum absolute atomic E-state index is 0.155. The third-order valence-corrected chi connectivity index (χ3v) is 6.27. The molecule has 1 aromatic heterocycles. The van der Waals surface area contributed by atoms with Crippen molar-refractivity contribution in [3.8, 4) is 5.75 Å². The topological polar surface area (TPSA) is 69.0 Å². The molecule has 2 fully saturated rings. The van der Waals surface area contributed by atoms with Gasteiger partial charge in [0, 0.05) is 24.9 Å². The number of fused-ring (bicyclic) bond motifs is 1. The number of benzene rings is 1. The molecule has 2 aliphatic carbocycles. The highest BCUT2D eigenvalue weighted by molar-refractivity contribution is 5.76. The van der Waals surface area contributed by atoms with Gasteiger partial charge in [-0.1, -0.05) is 25.0 Å². The van der Waals surface area contributed by atoms with Crippen LogP contribution >= 0.6 is 0 Å². The van der Waals surface area contributed by atoms with Gasteiger partial charge in [0.15, 0.2) is 0 Å². The minimum atomic E-state index is 0.155. The molecule has 4 atom stereocenters. The first-order chi connectivity index (χ1) is 13.3. The van der Waals surface area contributed by atoms with Crippen molar-refractivity contribution in [3.05, 3.63) is 42.5 Å². The number of nitrogens with zero attached hydrogens (tertiary/aromatic N) is 3. The number of hydrogen-bond donors (Lipinski definition) is 1. The molecule has 2 aliphatic rings. The first kappa shape index (κ1) is 18.0. The van der Waals surface area contributed by atoms with Gasteiger partial charge in [0.1, 0.15) is 18.4 Å². The quantitative estimate of drug-likeness (QED) is 0.815. The summed E-state index contributed by atoms with van der Waals surface area (Å²) in [7, 11) is 1.69. The van der Waals surface area contributed by atoms with Gasteiger partial charge in [-0.05, 0) is 48.8 Å². The Hall–Kier alpha value is -2.37. The molecule has 0 bridgehead atoms. The second kappa shape index (κ2) is 8.11. The van der Waals surface area contributed by atoms with Gasteiger partial charge in [-0.25, -0.2) is 4.98 Å². The van der Waals surface area contributed by atoms with Crippen LogP contribution in [-0.2, 0) is 11.3 Å². The molecule has 2 saturated carbocycles. The number of aromatic nitrogens is 3. The van der Waals surface area contributed by atoms with E-state index in [2.05, 4.69) is 27.5 Å². The molecule has 144 valence electrons. The molecular formula is C21H28N4O2. The lowest BCUT2D eigenvalue weighted by Gasteiger charge is -2.55. The normalized spacial score (nSPS) is 26.7. The van der Waals surface area contributed by atoms with Crippen molar-refractivity contribution >= 4 is 5.91 Å². The van der Waals surface area contributed by atoms with Crippen LogP contribution < -0.4 is 10.1 Å². The van der Waals surface area contributed by atoms with E-state index in [4.69, 9.17) is 4.74 Å². The number of carbonyl (C=O) groups is 1. The highest BCUT2D eigenvalue weighted by Crippen LogP contribution is 2.54. The zero-order valence-corrected chi connectivity index (χ0v) is 15.9. The average molecular weight is 368 g/mol. The van der Waals surface area contributed by atoms with Gasteiger partial charge in [-0.15, -0.1) is 0 Å². The van der Waals surface area contributed by atoms with E-state index in [9.17, 15) is 4.79 Å². The summed E-state index contributed by atoms with van der Waals surface area (Å²) in [4.78, 5) is 16.5. The summed E-state index contributed by atoms with van der Waals surface area (Å²) in [6, 6.07) is 8.66. The molecule has 1 heterocycles. The van der Waals surface area contributed by atoms with Crippen molar-refractivity contribution in [3.63, 3.8) is 0 Å². The van der Waals surface area contributed by atoms with Crippen molar-refractivity contribution in [1.29, 1.82) is 0 Å². The number of methoxy groups -OCH3 is 1. The van der Waals surface area contributed by atoms with E-state index < -0.39 is 0 Å². The molecule has 6 heteroatoms. The largest absolute Gasteiger partial charge is 0.497 e. The van der Waals surface area contributed by atoms with E-state index in [0.29, 0.717) is 24.2 Å². The lowest BCUT2D eigenvalue weighted by Crippen LogP contribution is -2.59. The predicted octanol–water partition coefficient (Wildman–Crippen LogP) is 3.16. The number of carbonyl (C=O) groups excluding carboxylic acids is 1. The third kappa shape index (κ3) is 3.84. The summed E-state index contributed by atoms with van der Waals surface area (Å²) in [6.07, 6.45) is 9.64.